The minimum Gasteiger partial charge on any atom is -0.484 e. The highest BCUT2D eigenvalue weighted by molar-refractivity contribution is 6.30. The summed E-state index contributed by atoms with van der Waals surface area (Å²) in [6.07, 6.45) is 0.953. The topological polar surface area (TPSA) is 77.2 Å². The molecule has 1 amide bonds. The zero-order chi connectivity index (χ0) is 17.6. The Morgan fingerprint density at radius 2 is 1.88 bits per heavy atom. The summed E-state index contributed by atoms with van der Waals surface area (Å²) in [5, 5.41) is 6.87. The Balaban J connectivity index is 1.55. The van der Waals surface area contributed by atoms with Crippen molar-refractivity contribution in [1.29, 1.82) is 0 Å². The van der Waals surface area contributed by atoms with E-state index in [-0.39, 0.29) is 18.5 Å². The number of aromatic nitrogens is 2. The lowest BCUT2D eigenvalue weighted by molar-refractivity contribution is -0.118. The number of nitrogens with one attached hydrogen (secondary N) is 1. The van der Waals surface area contributed by atoms with Crippen molar-refractivity contribution in [2.45, 2.75) is 13.3 Å². The Morgan fingerprint density at radius 3 is 2.56 bits per heavy atom. The largest absolute Gasteiger partial charge is 0.484 e. The van der Waals surface area contributed by atoms with Crippen molar-refractivity contribution < 1.29 is 14.1 Å². The Morgan fingerprint density at radius 1 is 1.16 bits per heavy atom. The van der Waals surface area contributed by atoms with Gasteiger partial charge in [-0.05, 0) is 53.5 Å². The standard InChI is InChI=1S/C18H16ClN3O3/c1-2-12-3-9-15(10-4-12)24-11-16(23)20-18-21-17(25-22-18)13-5-7-14(19)8-6-13/h3-10H,2,11H2,1H3,(H,20,22,23). The number of carbonyl (C=O) groups excluding carboxylic acids is 1. The lowest BCUT2D eigenvalue weighted by Gasteiger charge is -2.05. The van der Waals surface area contributed by atoms with Gasteiger partial charge in [0.15, 0.2) is 6.61 Å². The number of hydrogen-bond acceptors (Lipinski definition) is 5. The van der Waals surface area contributed by atoms with Crippen LogP contribution in [0.5, 0.6) is 5.75 Å². The Kier molecular flexibility index (Phi) is 5.30. The van der Waals surface area contributed by atoms with E-state index in [0.29, 0.717) is 22.2 Å². The van der Waals surface area contributed by atoms with Gasteiger partial charge in [0.05, 0.1) is 0 Å². The molecule has 0 aliphatic heterocycles. The molecule has 2 aromatic carbocycles. The number of nitrogens with zero attached hydrogens (tertiary/aromatic N) is 2. The van der Waals surface area contributed by atoms with Gasteiger partial charge in [-0.2, -0.15) is 4.98 Å². The van der Waals surface area contributed by atoms with Crippen molar-refractivity contribution in [1.82, 2.24) is 10.1 Å². The van der Waals surface area contributed by atoms with E-state index < -0.39 is 0 Å². The molecule has 7 heteroatoms. The van der Waals surface area contributed by atoms with Gasteiger partial charge in [0.1, 0.15) is 5.75 Å². The smallest absolute Gasteiger partial charge is 0.270 e. The van der Waals surface area contributed by atoms with Crippen molar-refractivity contribution >= 4 is 23.5 Å². The number of ether oxygens (including phenoxy) is 1. The second-order valence-electron chi connectivity index (χ2n) is 5.26. The molecule has 0 bridgehead atoms. The maximum atomic E-state index is 11.9. The summed E-state index contributed by atoms with van der Waals surface area (Å²) in [7, 11) is 0. The first-order valence-electron chi connectivity index (χ1n) is 7.75. The number of benzene rings is 2. The molecule has 0 aliphatic carbocycles. The lowest BCUT2D eigenvalue weighted by Crippen LogP contribution is -2.20. The Bertz CT molecular complexity index is 845. The third kappa shape index (κ3) is 4.58. The highest BCUT2D eigenvalue weighted by Crippen LogP contribution is 2.20. The van der Waals surface area contributed by atoms with Crippen LogP contribution in [0.2, 0.25) is 5.02 Å². The monoisotopic (exact) mass is 357 g/mol. The maximum absolute atomic E-state index is 11.9. The van der Waals surface area contributed by atoms with Crippen LogP contribution in [0.15, 0.2) is 53.1 Å². The van der Waals surface area contributed by atoms with E-state index >= 15 is 0 Å². The van der Waals surface area contributed by atoms with Crippen molar-refractivity contribution in [2.24, 2.45) is 0 Å². The first-order chi connectivity index (χ1) is 12.1. The molecular formula is C18H16ClN3O3. The molecule has 0 radical (unpaired) electrons. The van der Waals surface area contributed by atoms with Gasteiger partial charge in [0, 0.05) is 10.6 Å². The molecule has 0 atom stereocenters. The van der Waals surface area contributed by atoms with Gasteiger partial charge in [0.2, 0.25) is 0 Å². The van der Waals surface area contributed by atoms with Crippen molar-refractivity contribution in [2.75, 3.05) is 11.9 Å². The Hall–Kier alpha value is -2.86. The maximum Gasteiger partial charge on any atom is 0.270 e. The number of halogens is 1. The SMILES string of the molecule is CCc1ccc(OCC(=O)Nc2noc(-c3ccc(Cl)cc3)n2)cc1. The van der Waals surface area contributed by atoms with Crippen LogP contribution in [0, 0.1) is 0 Å². The van der Waals surface area contributed by atoms with E-state index in [1.165, 1.54) is 5.56 Å². The number of anilines is 1. The zero-order valence-electron chi connectivity index (χ0n) is 13.5. The van der Waals surface area contributed by atoms with Gasteiger partial charge in [-0.15, -0.1) is 0 Å². The van der Waals surface area contributed by atoms with Gasteiger partial charge in [0.25, 0.3) is 17.7 Å². The zero-order valence-corrected chi connectivity index (χ0v) is 14.3. The molecule has 0 aliphatic rings. The van der Waals surface area contributed by atoms with Crippen LogP contribution >= 0.6 is 11.6 Å². The Labute approximate surface area is 149 Å². The predicted octanol–water partition coefficient (Wildman–Crippen LogP) is 3.97. The summed E-state index contributed by atoms with van der Waals surface area (Å²) in [6.45, 7) is 1.93. The fraction of sp³-hybridized carbons (Fsp3) is 0.167. The normalized spacial score (nSPS) is 10.5. The number of rotatable bonds is 6. The molecule has 0 spiro atoms. The summed E-state index contributed by atoms with van der Waals surface area (Å²) in [5.74, 6) is 0.633. The van der Waals surface area contributed by atoms with E-state index in [2.05, 4.69) is 22.4 Å². The van der Waals surface area contributed by atoms with Crippen LogP contribution in [0.25, 0.3) is 11.5 Å². The summed E-state index contributed by atoms with van der Waals surface area (Å²) in [6, 6.07) is 14.5. The van der Waals surface area contributed by atoms with E-state index in [1.807, 2.05) is 24.3 Å². The van der Waals surface area contributed by atoms with Crippen LogP contribution < -0.4 is 10.1 Å². The van der Waals surface area contributed by atoms with Crippen LogP contribution in [0.1, 0.15) is 12.5 Å². The molecule has 3 rings (SSSR count). The molecule has 25 heavy (non-hydrogen) atoms. The minimum atomic E-state index is -0.372. The second-order valence-corrected chi connectivity index (χ2v) is 5.70. The van der Waals surface area contributed by atoms with Gasteiger partial charge in [-0.3, -0.25) is 10.1 Å². The van der Waals surface area contributed by atoms with Crippen LogP contribution in [-0.2, 0) is 11.2 Å². The number of amides is 1. The predicted molar refractivity (Wildman–Crippen MR) is 94.7 cm³/mol. The van der Waals surface area contributed by atoms with Crippen LogP contribution in [-0.4, -0.2) is 22.7 Å². The first kappa shape index (κ1) is 17.0. The first-order valence-corrected chi connectivity index (χ1v) is 8.13. The number of carbonyl (C=O) groups is 1. The quantitative estimate of drug-likeness (QED) is 0.722. The summed E-state index contributed by atoms with van der Waals surface area (Å²) < 4.78 is 10.6. The third-order valence-corrected chi connectivity index (χ3v) is 3.72. The molecule has 0 fully saturated rings. The van der Waals surface area contributed by atoms with Gasteiger partial charge < -0.3 is 9.26 Å². The van der Waals surface area contributed by atoms with Gasteiger partial charge >= 0.3 is 0 Å². The highest BCUT2D eigenvalue weighted by Gasteiger charge is 2.12. The summed E-state index contributed by atoms with van der Waals surface area (Å²) in [4.78, 5) is 16.0. The van der Waals surface area contributed by atoms with E-state index in [4.69, 9.17) is 20.9 Å². The molecule has 128 valence electrons. The number of hydrogen-bond donors (Lipinski definition) is 1. The molecule has 6 nitrogen and oxygen atoms in total. The van der Waals surface area contributed by atoms with E-state index in [1.54, 1.807) is 24.3 Å². The molecule has 0 saturated heterocycles. The average Bonchev–Trinajstić information content (AvgIpc) is 3.09. The van der Waals surface area contributed by atoms with Crippen molar-refractivity contribution in [3.05, 3.63) is 59.1 Å². The molecule has 1 aromatic heterocycles. The molecule has 0 unspecified atom stereocenters. The van der Waals surface area contributed by atoms with Crippen LogP contribution in [0.4, 0.5) is 5.95 Å². The number of aryl methyl sites for hydroxylation is 1. The van der Waals surface area contributed by atoms with Gasteiger partial charge in [-0.25, -0.2) is 0 Å². The van der Waals surface area contributed by atoms with Crippen molar-refractivity contribution in [3.63, 3.8) is 0 Å². The fourth-order valence-corrected chi connectivity index (χ4v) is 2.24. The lowest BCUT2D eigenvalue weighted by atomic mass is 10.2. The highest BCUT2D eigenvalue weighted by atomic mass is 35.5. The molecule has 3 aromatic rings. The average molecular weight is 358 g/mol. The van der Waals surface area contributed by atoms with E-state index in [9.17, 15) is 4.79 Å². The second kappa shape index (κ2) is 7.81. The molecule has 0 saturated carbocycles. The van der Waals surface area contributed by atoms with Crippen molar-refractivity contribution in [3.8, 4) is 17.2 Å². The van der Waals surface area contributed by atoms with Crippen LogP contribution in [0.3, 0.4) is 0 Å². The molecule has 1 N–H and O–H groups in total. The van der Waals surface area contributed by atoms with E-state index in [0.717, 1.165) is 6.42 Å². The third-order valence-electron chi connectivity index (χ3n) is 3.47. The minimum absolute atomic E-state index is 0.0832. The summed E-state index contributed by atoms with van der Waals surface area (Å²) in [5.41, 5.74) is 1.92. The van der Waals surface area contributed by atoms with Gasteiger partial charge in [-0.1, -0.05) is 30.7 Å². The molecular weight excluding hydrogens is 342 g/mol. The molecule has 1 heterocycles. The summed E-state index contributed by atoms with van der Waals surface area (Å²) >= 11 is 5.84. The fourth-order valence-electron chi connectivity index (χ4n) is 2.12.